The van der Waals surface area contributed by atoms with E-state index in [0.29, 0.717) is 0 Å². The molecule has 1 N–H and O–H groups in total. The van der Waals surface area contributed by atoms with Gasteiger partial charge in [-0.1, -0.05) is 6.92 Å². The highest BCUT2D eigenvalue weighted by Crippen LogP contribution is 2.22. The van der Waals surface area contributed by atoms with Crippen LogP contribution in [0.3, 0.4) is 0 Å². The maximum absolute atomic E-state index is 5.54. The molecule has 1 aliphatic heterocycles. The Morgan fingerprint density at radius 1 is 1.53 bits per heavy atom. The second-order valence-electron chi connectivity index (χ2n) is 6.06. The largest absolute Gasteiger partial charge is 0.432 e. The van der Waals surface area contributed by atoms with Gasteiger partial charge >= 0.3 is 0 Å². The fourth-order valence-electron chi connectivity index (χ4n) is 1.99. The maximum Gasteiger partial charge on any atom is 0.297 e. The predicted octanol–water partition coefficient (Wildman–Crippen LogP) is 2.41. The molecular weight excluding hydrogens is 214 g/mol. The summed E-state index contributed by atoms with van der Waals surface area (Å²) < 4.78 is 5.54. The average molecular weight is 237 g/mol. The van der Waals surface area contributed by atoms with Crippen LogP contribution in [0.1, 0.15) is 39.8 Å². The summed E-state index contributed by atoms with van der Waals surface area (Å²) in [7, 11) is 0. The van der Waals surface area contributed by atoms with Gasteiger partial charge in [0.1, 0.15) is 6.26 Å². The molecule has 96 valence electrons. The number of nitrogens with zero attached hydrogens (tertiary/aromatic N) is 2. The second-order valence-corrected chi connectivity index (χ2v) is 6.06. The lowest BCUT2D eigenvalue weighted by molar-refractivity contribution is 0.421. The zero-order valence-corrected chi connectivity index (χ0v) is 11.3. The van der Waals surface area contributed by atoms with Crippen molar-refractivity contribution in [3.63, 3.8) is 0 Å². The lowest BCUT2D eigenvalue weighted by atomic mass is 10.1. The molecule has 4 heteroatoms. The lowest BCUT2D eigenvalue weighted by Gasteiger charge is -2.19. The summed E-state index contributed by atoms with van der Waals surface area (Å²) in [6.45, 7) is 11.6. The van der Waals surface area contributed by atoms with Crippen LogP contribution in [-0.4, -0.2) is 23.6 Å². The molecule has 0 aromatic carbocycles. The van der Waals surface area contributed by atoms with Crippen LogP contribution in [0.25, 0.3) is 0 Å². The minimum absolute atomic E-state index is 0.112. The van der Waals surface area contributed by atoms with E-state index in [1.165, 1.54) is 6.42 Å². The third kappa shape index (κ3) is 3.46. The first-order chi connectivity index (χ1) is 7.94. The summed E-state index contributed by atoms with van der Waals surface area (Å²) in [5.41, 5.74) is 1.09. The van der Waals surface area contributed by atoms with Gasteiger partial charge in [0.05, 0.1) is 5.69 Å². The third-order valence-electron chi connectivity index (χ3n) is 3.03. The molecule has 0 bridgehead atoms. The van der Waals surface area contributed by atoms with Crippen LogP contribution in [0.15, 0.2) is 10.7 Å². The molecule has 2 rings (SSSR count). The van der Waals surface area contributed by atoms with E-state index >= 15 is 0 Å². The van der Waals surface area contributed by atoms with Crippen LogP contribution < -0.4 is 10.2 Å². The summed E-state index contributed by atoms with van der Waals surface area (Å²) in [6.07, 6.45) is 3.00. The van der Waals surface area contributed by atoms with Gasteiger partial charge in [-0.2, -0.15) is 4.98 Å². The fourth-order valence-corrected chi connectivity index (χ4v) is 1.99. The zero-order chi connectivity index (χ0) is 12.5. The quantitative estimate of drug-likeness (QED) is 0.876. The van der Waals surface area contributed by atoms with Crippen LogP contribution in [0, 0.1) is 5.92 Å². The Labute approximate surface area is 103 Å². The number of hydrogen-bond donors (Lipinski definition) is 1. The molecule has 1 atom stereocenters. The first kappa shape index (κ1) is 12.4. The predicted molar refractivity (Wildman–Crippen MR) is 69.1 cm³/mol. The Kier molecular flexibility index (Phi) is 3.43. The van der Waals surface area contributed by atoms with Gasteiger partial charge < -0.3 is 14.6 Å². The Hall–Kier alpha value is -1.03. The van der Waals surface area contributed by atoms with Crippen molar-refractivity contribution in [2.24, 2.45) is 5.92 Å². The molecule has 0 radical (unpaired) electrons. The molecule has 0 saturated carbocycles. The van der Waals surface area contributed by atoms with Gasteiger partial charge in [-0.05, 0) is 33.1 Å². The molecule has 17 heavy (non-hydrogen) atoms. The maximum atomic E-state index is 5.54. The van der Waals surface area contributed by atoms with Crippen molar-refractivity contribution in [2.75, 3.05) is 18.0 Å². The Balaban J connectivity index is 1.92. The summed E-state index contributed by atoms with van der Waals surface area (Å²) in [4.78, 5) is 6.75. The Morgan fingerprint density at radius 3 is 2.88 bits per heavy atom. The number of oxazole rings is 1. The Morgan fingerprint density at radius 2 is 2.29 bits per heavy atom. The molecule has 1 aliphatic rings. The molecule has 0 spiro atoms. The van der Waals surface area contributed by atoms with Crippen molar-refractivity contribution in [2.45, 2.75) is 46.2 Å². The summed E-state index contributed by atoms with van der Waals surface area (Å²) in [5.74, 6) is 0.748. The number of rotatable bonds is 3. The standard InChI is InChI=1S/C13H23N3O/c1-10-5-6-16(8-10)12-15-11(9-17-12)7-14-13(2,3)4/h9-10,14H,5-8H2,1-4H3. The molecule has 4 nitrogen and oxygen atoms in total. The Bertz CT molecular complexity index is 367. The number of anilines is 1. The van der Waals surface area contributed by atoms with E-state index in [1.54, 1.807) is 6.26 Å². The van der Waals surface area contributed by atoms with E-state index in [-0.39, 0.29) is 5.54 Å². The van der Waals surface area contributed by atoms with Crippen LogP contribution in [0.4, 0.5) is 6.01 Å². The van der Waals surface area contributed by atoms with Crippen LogP contribution in [0.5, 0.6) is 0 Å². The highest BCUT2D eigenvalue weighted by Gasteiger charge is 2.22. The molecule has 2 heterocycles. The minimum atomic E-state index is 0.112. The monoisotopic (exact) mass is 237 g/mol. The van der Waals surface area contributed by atoms with Gasteiger partial charge in [0.15, 0.2) is 0 Å². The van der Waals surface area contributed by atoms with E-state index < -0.39 is 0 Å². The van der Waals surface area contributed by atoms with E-state index in [9.17, 15) is 0 Å². The SMILES string of the molecule is CC1CCN(c2nc(CNC(C)(C)C)co2)C1. The normalized spacial score (nSPS) is 21.2. The van der Waals surface area contributed by atoms with Gasteiger partial charge in [0, 0.05) is 25.2 Å². The molecule has 0 amide bonds. The van der Waals surface area contributed by atoms with Crippen molar-refractivity contribution in [1.29, 1.82) is 0 Å². The average Bonchev–Trinajstić information content (AvgIpc) is 2.81. The van der Waals surface area contributed by atoms with Gasteiger partial charge in [-0.25, -0.2) is 0 Å². The van der Waals surface area contributed by atoms with Crippen molar-refractivity contribution < 1.29 is 4.42 Å². The lowest BCUT2D eigenvalue weighted by Crippen LogP contribution is -2.35. The number of nitrogens with one attached hydrogen (secondary N) is 1. The number of aromatic nitrogens is 1. The second kappa shape index (κ2) is 4.69. The molecular formula is C13H23N3O. The smallest absolute Gasteiger partial charge is 0.297 e. The topological polar surface area (TPSA) is 41.3 Å². The zero-order valence-electron chi connectivity index (χ0n) is 11.3. The fraction of sp³-hybridized carbons (Fsp3) is 0.769. The van der Waals surface area contributed by atoms with Gasteiger partial charge in [0.25, 0.3) is 6.01 Å². The summed E-state index contributed by atoms with van der Waals surface area (Å²) in [6, 6.07) is 0.778. The third-order valence-corrected chi connectivity index (χ3v) is 3.03. The molecule has 1 unspecified atom stereocenters. The van der Waals surface area contributed by atoms with E-state index in [2.05, 4.69) is 42.9 Å². The first-order valence-electron chi connectivity index (χ1n) is 6.38. The van der Waals surface area contributed by atoms with Crippen molar-refractivity contribution in [3.8, 4) is 0 Å². The molecule has 0 aliphatic carbocycles. The van der Waals surface area contributed by atoms with Crippen LogP contribution in [-0.2, 0) is 6.54 Å². The highest BCUT2D eigenvalue weighted by molar-refractivity contribution is 5.28. The van der Waals surface area contributed by atoms with Gasteiger partial charge in [0.2, 0.25) is 0 Å². The van der Waals surface area contributed by atoms with E-state index in [0.717, 1.165) is 37.3 Å². The van der Waals surface area contributed by atoms with Crippen LogP contribution >= 0.6 is 0 Å². The van der Waals surface area contributed by atoms with Gasteiger partial charge in [-0.3, -0.25) is 0 Å². The summed E-state index contributed by atoms with van der Waals surface area (Å²) in [5, 5.41) is 3.41. The molecule has 1 saturated heterocycles. The van der Waals surface area contributed by atoms with Crippen molar-refractivity contribution in [1.82, 2.24) is 10.3 Å². The van der Waals surface area contributed by atoms with E-state index in [4.69, 9.17) is 4.42 Å². The van der Waals surface area contributed by atoms with Crippen molar-refractivity contribution in [3.05, 3.63) is 12.0 Å². The molecule has 1 aromatic heterocycles. The highest BCUT2D eigenvalue weighted by atomic mass is 16.4. The minimum Gasteiger partial charge on any atom is -0.432 e. The number of hydrogen-bond acceptors (Lipinski definition) is 4. The molecule has 1 aromatic rings. The van der Waals surface area contributed by atoms with E-state index in [1.807, 2.05) is 0 Å². The van der Waals surface area contributed by atoms with Crippen molar-refractivity contribution >= 4 is 6.01 Å². The summed E-state index contributed by atoms with van der Waals surface area (Å²) >= 11 is 0. The first-order valence-corrected chi connectivity index (χ1v) is 6.38. The molecule has 1 fully saturated rings. The van der Waals surface area contributed by atoms with Crippen LogP contribution in [0.2, 0.25) is 0 Å². The van der Waals surface area contributed by atoms with Gasteiger partial charge in [-0.15, -0.1) is 0 Å².